The van der Waals surface area contributed by atoms with Crippen LogP contribution < -0.4 is 0 Å². The number of benzene rings is 1. The summed E-state index contributed by atoms with van der Waals surface area (Å²) in [6.45, 7) is 9.48. The third-order valence-corrected chi connectivity index (χ3v) is 4.24. The standard InChI is InChI=1S/C17H25ClN2O2/c1-17(2,3)16(22)20-10-8-19(9-11-20)12-15(21)13-4-6-14(18)7-5-13/h4-7,15,21H,8-12H2,1-3H3. The van der Waals surface area contributed by atoms with E-state index < -0.39 is 6.10 Å². The van der Waals surface area contributed by atoms with E-state index in [1.807, 2.05) is 37.8 Å². The van der Waals surface area contributed by atoms with Crippen molar-refractivity contribution < 1.29 is 9.90 Å². The van der Waals surface area contributed by atoms with Crippen molar-refractivity contribution >= 4 is 17.5 Å². The van der Waals surface area contributed by atoms with Crippen LogP contribution in [0.2, 0.25) is 5.02 Å². The molecule has 1 fully saturated rings. The number of aliphatic hydroxyl groups excluding tert-OH is 1. The van der Waals surface area contributed by atoms with Crippen LogP contribution in [-0.4, -0.2) is 53.5 Å². The average Bonchev–Trinajstić information content (AvgIpc) is 2.47. The van der Waals surface area contributed by atoms with Crippen LogP contribution in [0.5, 0.6) is 0 Å². The number of hydrogen-bond donors (Lipinski definition) is 1. The molecule has 5 heteroatoms. The van der Waals surface area contributed by atoms with E-state index in [1.165, 1.54) is 0 Å². The Bertz CT molecular complexity index is 502. The summed E-state index contributed by atoms with van der Waals surface area (Å²) in [6, 6.07) is 7.29. The van der Waals surface area contributed by atoms with Crippen LogP contribution >= 0.6 is 11.6 Å². The number of carbonyl (C=O) groups excluding carboxylic acids is 1. The van der Waals surface area contributed by atoms with Gasteiger partial charge in [-0.05, 0) is 17.7 Å². The van der Waals surface area contributed by atoms with E-state index >= 15 is 0 Å². The molecule has 1 aromatic rings. The Balaban J connectivity index is 1.85. The van der Waals surface area contributed by atoms with Crippen molar-refractivity contribution in [3.63, 3.8) is 0 Å². The molecule has 1 saturated heterocycles. The molecule has 0 radical (unpaired) electrons. The van der Waals surface area contributed by atoms with Crippen LogP contribution in [0.1, 0.15) is 32.4 Å². The van der Waals surface area contributed by atoms with Gasteiger partial charge < -0.3 is 10.0 Å². The lowest BCUT2D eigenvalue weighted by Gasteiger charge is -2.38. The molecule has 0 bridgehead atoms. The first kappa shape index (κ1) is 17.3. The Hall–Kier alpha value is -1.10. The number of halogens is 1. The molecule has 1 atom stereocenters. The van der Waals surface area contributed by atoms with Crippen molar-refractivity contribution in [2.24, 2.45) is 5.41 Å². The minimum atomic E-state index is -0.526. The minimum absolute atomic E-state index is 0.199. The Kier molecular flexibility index (Phi) is 5.48. The Labute approximate surface area is 137 Å². The normalized spacial score (nSPS) is 18.3. The molecule has 0 aromatic heterocycles. The van der Waals surface area contributed by atoms with Crippen LogP contribution in [0.25, 0.3) is 0 Å². The number of nitrogens with zero attached hydrogens (tertiary/aromatic N) is 2. The zero-order valence-electron chi connectivity index (χ0n) is 13.6. The van der Waals surface area contributed by atoms with Crippen LogP contribution in [0, 0.1) is 5.41 Å². The lowest BCUT2D eigenvalue weighted by atomic mass is 9.94. The van der Waals surface area contributed by atoms with Crippen LogP contribution in [0.15, 0.2) is 24.3 Å². The van der Waals surface area contributed by atoms with Gasteiger partial charge in [0, 0.05) is 43.2 Å². The van der Waals surface area contributed by atoms with Crippen molar-refractivity contribution in [3.05, 3.63) is 34.9 Å². The highest BCUT2D eigenvalue weighted by molar-refractivity contribution is 6.30. The molecule has 1 unspecified atom stereocenters. The second-order valence-electron chi connectivity index (χ2n) is 6.91. The largest absolute Gasteiger partial charge is 0.387 e. The molecule has 2 rings (SSSR count). The lowest BCUT2D eigenvalue weighted by molar-refractivity contribution is -0.141. The lowest BCUT2D eigenvalue weighted by Crippen LogP contribution is -2.52. The molecule has 1 aliphatic rings. The van der Waals surface area contributed by atoms with Crippen LogP contribution in [-0.2, 0) is 4.79 Å². The second-order valence-corrected chi connectivity index (χ2v) is 7.35. The van der Waals surface area contributed by atoms with Crippen molar-refractivity contribution in [2.45, 2.75) is 26.9 Å². The molecule has 22 heavy (non-hydrogen) atoms. The minimum Gasteiger partial charge on any atom is -0.387 e. The second kappa shape index (κ2) is 6.99. The molecule has 1 heterocycles. The highest BCUT2D eigenvalue weighted by Gasteiger charge is 2.30. The molecular weight excluding hydrogens is 300 g/mol. The van der Waals surface area contributed by atoms with Gasteiger partial charge in [-0.15, -0.1) is 0 Å². The Morgan fingerprint density at radius 2 is 1.73 bits per heavy atom. The van der Waals surface area contributed by atoms with Crippen molar-refractivity contribution in [2.75, 3.05) is 32.7 Å². The van der Waals surface area contributed by atoms with Crippen LogP contribution in [0.4, 0.5) is 0 Å². The summed E-state index contributed by atoms with van der Waals surface area (Å²) >= 11 is 5.86. The topological polar surface area (TPSA) is 43.8 Å². The van der Waals surface area contributed by atoms with Crippen molar-refractivity contribution in [3.8, 4) is 0 Å². The maximum Gasteiger partial charge on any atom is 0.228 e. The van der Waals surface area contributed by atoms with Gasteiger partial charge in [0.05, 0.1) is 6.10 Å². The first-order chi connectivity index (χ1) is 10.3. The van der Waals surface area contributed by atoms with Gasteiger partial charge in [0.25, 0.3) is 0 Å². The summed E-state index contributed by atoms with van der Waals surface area (Å²) in [5, 5.41) is 11.0. The van der Waals surface area contributed by atoms with Gasteiger partial charge in [0.2, 0.25) is 5.91 Å². The molecule has 0 aliphatic carbocycles. The van der Waals surface area contributed by atoms with Gasteiger partial charge in [-0.1, -0.05) is 44.5 Å². The molecule has 122 valence electrons. The van der Waals surface area contributed by atoms with E-state index in [-0.39, 0.29) is 11.3 Å². The number of piperazine rings is 1. The molecule has 1 aliphatic heterocycles. The summed E-state index contributed by atoms with van der Waals surface area (Å²) in [5.74, 6) is 0.199. The smallest absolute Gasteiger partial charge is 0.228 e. The third-order valence-electron chi connectivity index (χ3n) is 3.99. The number of hydrogen-bond acceptors (Lipinski definition) is 3. The number of aliphatic hydroxyl groups is 1. The molecule has 1 amide bonds. The summed E-state index contributed by atoms with van der Waals surface area (Å²) in [7, 11) is 0. The predicted octanol–water partition coefficient (Wildman–Crippen LogP) is 2.56. The summed E-state index contributed by atoms with van der Waals surface area (Å²) < 4.78 is 0. The predicted molar refractivity (Wildman–Crippen MR) is 88.9 cm³/mol. The number of amides is 1. The average molecular weight is 325 g/mol. The van der Waals surface area contributed by atoms with Gasteiger partial charge >= 0.3 is 0 Å². The van der Waals surface area contributed by atoms with E-state index in [0.717, 1.165) is 31.7 Å². The maximum atomic E-state index is 12.2. The van der Waals surface area contributed by atoms with E-state index in [1.54, 1.807) is 12.1 Å². The van der Waals surface area contributed by atoms with Gasteiger partial charge in [-0.2, -0.15) is 0 Å². The fraction of sp³-hybridized carbons (Fsp3) is 0.588. The summed E-state index contributed by atoms with van der Waals surface area (Å²) in [6.07, 6.45) is -0.526. The first-order valence-corrected chi connectivity index (χ1v) is 8.10. The van der Waals surface area contributed by atoms with Gasteiger partial charge in [-0.25, -0.2) is 0 Å². The van der Waals surface area contributed by atoms with E-state index in [9.17, 15) is 9.90 Å². The zero-order chi connectivity index (χ0) is 16.3. The molecule has 4 nitrogen and oxygen atoms in total. The fourth-order valence-corrected chi connectivity index (χ4v) is 2.77. The van der Waals surface area contributed by atoms with E-state index in [0.29, 0.717) is 11.6 Å². The fourth-order valence-electron chi connectivity index (χ4n) is 2.64. The van der Waals surface area contributed by atoms with Crippen LogP contribution in [0.3, 0.4) is 0 Å². The first-order valence-electron chi connectivity index (χ1n) is 7.72. The van der Waals surface area contributed by atoms with Gasteiger partial charge in [0.15, 0.2) is 0 Å². The number of rotatable bonds is 3. The van der Waals surface area contributed by atoms with E-state index in [4.69, 9.17) is 11.6 Å². The quantitative estimate of drug-likeness (QED) is 0.929. The number of β-amino-alcohol motifs (C(OH)–C–C–N with tert-alkyl or cyclic N) is 1. The molecule has 0 saturated carbocycles. The number of carbonyl (C=O) groups is 1. The monoisotopic (exact) mass is 324 g/mol. The molecular formula is C17H25ClN2O2. The third kappa shape index (κ3) is 4.45. The summed E-state index contributed by atoms with van der Waals surface area (Å²) in [5.41, 5.74) is 0.544. The van der Waals surface area contributed by atoms with Crippen molar-refractivity contribution in [1.29, 1.82) is 0 Å². The molecule has 0 spiro atoms. The highest BCUT2D eigenvalue weighted by atomic mass is 35.5. The maximum absolute atomic E-state index is 12.2. The van der Waals surface area contributed by atoms with E-state index in [2.05, 4.69) is 4.90 Å². The molecule has 1 N–H and O–H groups in total. The Morgan fingerprint density at radius 1 is 1.18 bits per heavy atom. The molecule has 1 aromatic carbocycles. The highest BCUT2D eigenvalue weighted by Crippen LogP contribution is 2.21. The van der Waals surface area contributed by atoms with Gasteiger partial charge in [0.1, 0.15) is 0 Å². The Morgan fingerprint density at radius 3 is 2.23 bits per heavy atom. The zero-order valence-corrected chi connectivity index (χ0v) is 14.3. The summed E-state index contributed by atoms with van der Waals surface area (Å²) in [4.78, 5) is 16.4. The SMILES string of the molecule is CC(C)(C)C(=O)N1CCN(CC(O)c2ccc(Cl)cc2)CC1. The van der Waals surface area contributed by atoms with Crippen molar-refractivity contribution in [1.82, 2.24) is 9.80 Å². The van der Waals surface area contributed by atoms with Gasteiger partial charge in [-0.3, -0.25) is 9.69 Å².